The molecule has 0 spiro atoms. The molecule has 0 unspecified atom stereocenters. The van der Waals surface area contributed by atoms with Crippen LogP contribution in [-0.2, 0) is 18.4 Å². The molecule has 2 heterocycles. The van der Waals surface area contributed by atoms with Crippen LogP contribution in [0.15, 0.2) is 24.3 Å². The fourth-order valence-corrected chi connectivity index (χ4v) is 2.86. The van der Waals surface area contributed by atoms with Crippen molar-refractivity contribution in [2.45, 2.75) is 25.4 Å². The highest BCUT2D eigenvalue weighted by Crippen LogP contribution is 2.23. The number of piperidine rings is 1. The summed E-state index contributed by atoms with van der Waals surface area (Å²) < 4.78 is 6.71. The van der Waals surface area contributed by atoms with E-state index in [4.69, 9.17) is 4.74 Å². The van der Waals surface area contributed by atoms with Crippen LogP contribution in [0.2, 0.25) is 0 Å². The van der Waals surface area contributed by atoms with Gasteiger partial charge in [0.05, 0.1) is 6.61 Å². The molecule has 1 aliphatic rings. The number of nitrogens with one attached hydrogen (secondary N) is 2. The lowest BCUT2D eigenvalue weighted by molar-refractivity contribution is 0.102. The number of methoxy groups -OCH3 is 1. The molecule has 0 bridgehead atoms. The zero-order chi connectivity index (χ0) is 16.9. The van der Waals surface area contributed by atoms with Crippen LogP contribution in [-0.4, -0.2) is 40.9 Å². The van der Waals surface area contributed by atoms with Crippen LogP contribution < -0.4 is 10.6 Å². The number of carbonyl (C=O) groups is 1. The average Bonchev–Trinajstić information content (AvgIpc) is 2.97. The fraction of sp³-hybridized carbons (Fsp3) is 0.471. The summed E-state index contributed by atoms with van der Waals surface area (Å²) in [6, 6.07) is 7.34. The van der Waals surface area contributed by atoms with Crippen LogP contribution in [0.25, 0.3) is 0 Å². The van der Waals surface area contributed by atoms with E-state index < -0.39 is 0 Å². The van der Waals surface area contributed by atoms with Gasteiger partial charge in [0.15, 0.2) is 5.82 Å². The van der Waals surface area contributed by atoms with Crippen molar-refractivity contribution in [3.05, 3.63) is 41.2 Å². The minimum absolute atomic E-state index is 0.189. The molecule has 1 fully saturated rings. The first-order chi connectivity index (χ1) is 11.7. The number of carbonyl (C=O) groups excluding carboxylic acids is 1. The monoisotopic (exact) mass is 329 g/mol. The van der Waals surface area contributed by atoms with Crippen molar-refractivity contribution in [3.8, 4) is 0 Å². The fourth-order valence-electron chi connectivity index (χ4n) is 2.86. The van der Waals surface area contributed by atoms with E-state index in [1.807, 2.05) is 12.1 Å². The lowest BCUT2D eigenvalue weighted by atomic mass is 9.98. The van der Waals surface area contributed by atoms with Crippen LogP contribution in [0.5, 0.6) is 0 Å². The quantitative estimate of drug-likeness (QED) is 0.872. The maximum atomic E-state index is 12.4. The van der Waals surface area contributed by atoms with Crippen molar-refractivity contribution in [1.82, 2.24) is 20.1 Å². The van der Waals surface area contributed by atoms with Gasteiger partial charge in [0.25, 0.3) is 5.91 Å². The molecule has 1 aliphatic heterocycles. The first kappa shape index (κ1) is 16.6. The second kappa shape index (κ2) is 7.55. The van der Waals surface area contributed by atoms with Crippen molar-refractivity contribution in [2.24, 2.45) is 7.05 Å². The van der Waals surface area contributed by atoms with Gasteiger partial charge in [-0.15, -0.1) is 0 Å². The summed E-state index contributed by atoms with van der Waals surface area (Å²) in [5.74, 6) is 1.46. The third-order valence-electron chi connectivity index (χ3n) is 4.24. The van der Waals surface area contributed by atoms with Gasteiger partial charge >= 0.3 is 0 Å². The molecule has 24 heavy (non-hydrogen) atoms. The number of rotatable bonds is 5. The number of hydrogen-bond donors (Lipinski definition) is 2. The van der Waals surface area contributed by atoms with Gasteiger partial charge in [0, 0.05) is 25.6 Å². The Bertz CT molecular complexity index is 690. The Kier molecular flexibility index (Phi) is 5.22. The van der Waals surface area contributed by atoms with Gasteiger partial charge in [-0.05, 0) is 43.6 Å². The highest BCUT2D eigenvalue weighted by molar-refractivity contribution is 6.03. The minimum atomic E-state index is -0.189. The Morgan fingerprint density at radius 1 is 1.33 bits per heavy atom. The van der Waals surface area contributed by atoms with E-state index in [1.165, 1.54) is 0 Å². The van der Waals surface area contributed by atoms with Crippen molar-refractivity contribution in [1.29, 1.82) is 0 Å². The normalized spacial score (nSPS) is 15.4. The second-order valence-electron chi connectivity index (χ2n) is 6.03. The number of ether oxygens (including phenoxy) is 1. The minimum Gasteiger partial charge on any atom is -0.380 e. The molecule has 1 aromatic heterocycles. The summed E-state index contributed by atoms with van der Waals surface area (Å²) in [4.78, 5) is 16.9. The van der Waals surface area contributed by atoms with Crippen LogP contribution in [0.3, 0.4) is 0 Å². The van der Waals surface area contributed by atoms with E-state index in [1.54, 1.807) is 31.0 Å². The third kappa shape index (κ3) is 3.80. The summed E-state index contributed by atoms with van der Waals surface area (Å²) in [7, 11) is 3.45. The van der Waals surface area contributed by atoms with Crippen molar-refractivity contribution in [3.63, 3.8) is 0 Å². The van der Waals surface area contributed by atoms with Gasteiger partial charge in [-0.2, -0.15) is 10.1 Å². The van der Waals surface area contributed by atoms with Gasteiger partial charge in [-0.1, -0.05) is 12.1 Å². The topological polar surface area (TPSA) is 81.1 Å². The zero-order valence-electron chi connectivity index (χ0n) is 14.1. The lowest BCUT2D eigenvalue weighted by Gasteiger charge is -2.19. The number of aromatic nitrogens is 3. The number of benzene rings is 1. The SMILES string of the molecule is COCc1ccc(C(=O)Nc2nc(C3CCNCC3)nn2C)cc1. The zero-order valence-corrected chi connectivity index (χ0v) is 14.1. The molecule has 7 heteroatoms. The van der Waals surface area contributed by atoms with Gasteiger partial charge < -0.3 is 10.1 Å². The number of nitrogens with zero attached hydrogens (tertiary/aromatic N) is 3. The van der Waals surface area contributed by atoms with Crippen molar-refractivity contribution >= 4 is 11.9 Å². The molecule has 1 aromatic carbocycles. The number of aryl methyl sites for hydroxylation is 1. The van der Waals surface area contributed by atoms with Gasteiger partial charge in [0.1, 0.15) is 0 Å². The van der Waals surface area contributed by atoms with E-state index >= 15 is 0 Å². The van der Waals surface area contributed by atoms with Crippen molar-refractivity contribution in [2.75, 3.05) is 25.5 Å². The summed E-state index contributed by atoms with van der Waals surface area (Å²) >= 11 is 0. The van der Waals surface area contributed by atoms with E-state index in [0.717, 1.165) is 37.3 Å². The van der Waals surface area contributed by atoms with Gasteiger partial charge in [-0.25, -0.2) is 4.68 Å². The third-order valence-corrected chi connectivity index (χ3v) is 4.24. The molecule has 0 saturated carbocycles. The van der Waals surface area contributed by atoms with Crippen LogP contribution in [0.4, 0.5) is 5.95 Å². The molecule has 1 saturated heterocycles. The predicted molar refractivity (Wildman–Crippen MR) is 91.0 cm³/mol. The molecule has 2 N–H and O–H groups in total. The Balaban J connectivity index is 1.68. The number of hydrogen-bond acceptors (Lipinski definition) is 5. The molecular weight excluding hydrogens is 306 g/mol. The van der Waals surface area contributed by atoms with Crippen LogP contribution in [0.1, 0.15) is 40.5 Å². The molecule has 7 nitrogen and oxygen atoms in total. The predicted octanol–water partition coefficient (Wildman–Crippen LogP) is 1.68. The van der Waals surface area contributed by atoms with Crippen molar-refractivity contribution < 1.29 is 9.53 Å². The maximum Gasteiger partial charge on any atom is 0.258 e. The highest BCUT2D eigenvalue weighted by Gasteiger charge is 2.21. The molecule has 128 valence electrons. The first-order valence-corrected chi connectivity index (χ1v) is 8.18. The highest BCUT2D eigenvalue weighted by atomic mass is 16.5. The summed E-state index contributed by atoms with van der Waals surface area (Å²) in [5, 5.41) is 10.6. The molecule has 2 aromatic rings. The molecule has 1 amide bonds. The molecule has 3 rings (SSSR count). The van der Waals surface area contributed by atoms with E-state index in [0.29, 0.717) is 24.0 Å². The summed E-state index contributed by atoms with van der Waals surface area (Å²) in [6.45, 7) is 2.50. The maximum absolute atomic E-state index is 12.4. The molecular formula is C17H23N5O2. The molecule has 0 atom stereocenters. The Morgan fingerprint density at radius 3 is 2.71 bits per heavy atom. The van der Waals surface area contributed by atoms with E-state index in [-0.39, 0.29) is 5.91 Å². The summed E-state index contributed by atoms with van der Waals surface area (Å²) in [5.41, 5.74) is 1.61. The van der Waals surface area contributed by atoms with Gasteiger partial charge in [0.2, 0.25) is 5.95 Å². The van der Waals surface area contributed by atoms with Crippen LogP contribution in [0, 0.1) is 0 Å². The number of anilines is 1. The molecule has 0 radical (unpaired) electrons. The summed E-state index contributed by atoms with van der Waals surface area (Å²) in [6.07, 6.45) is 2.05. The first-order valence-electron chi connectivity index (χ1n) is 8.18. The van der Waals surface area contributed by atoms with Gasteiger partial charge in [-0.3, -0.25) is 10.1 Å². The Morgan fingerprint density at radius 2 is 2.04 bits per heavy atom. The number of amides is 1. The average molecular weight is 329 g/mol. The van der Waals surface area contributed by atoms with Crippen LogP contribution >= 0.6 is 0 Å². The molecule has 0 aliphatic carbocycles. The largest absolute Gasteiger partial charge is 0.380 e. The van der Waals surface area contributed by atoms with E-state index in [2.05, 4.69) is 20.7 Å². The standard InChI is InChI=1S/C17H23N5O2/c1-22-17(19-15(21-22)13-7-9-18-10-8-13)20-16(23)14-5-3-12(4-6-14)11-24-2/h3-6,13,18H,7-11H2,1-2H3,(H,19,20,21,23). The lowest BCUT2D eigenvalue weighted by Crippen LogP contribution is -2.27. The smallest absolute Gasteiger partial charge is 0.258 e. The second-order valence-corrected chi connectivity index (χ2v) is 6.03. The Hall–Kier alpha value is -2.25. The Labute approximate surface area is 141 Å². The van der Waals surface area contributed by atoms with E-state index in [9.17, 15) is 4.79 Å².